The Morgan fingerprint density at radius 1 is 1.07 bits per heavy atom. The molecule has 2 atom stereocenters. The lowest BCUT2D eigenvalue weighted by Gasteiger charge is -2.25. The number of nitrogens with two attached hydrogens (primary N) is 1. The Morgan fingerprint density at radius 2 is 1.50 bits per heavy atom. The van der Waals surface area contributed by atoms with E-state index < -0.39 is 0 Å². The van der Waals surface area contributed by atoms with Crippen molar-refractivity contribution in [3.05, 3.63) is 23.3 Å². The van der Waals surface area contributed by atoms with Crippen molar-refractivity contribution in [1.29, 1.82) is 0 Å². The van der Waals surface area contributed by atoms with Gasteiger partial charge < -0.3 is 5.73 Å². The molecule has 1 nitrogen and oxygen atoms in total. The minimum absolute atomic E-state index is 0.389. The van der Waals surface area contributed by atoms with Gasteiger partial charge in [-0.15, -0.1) is 0 Å². The van der Waals surface area contributed by atoms with E-state index >= 15 is 0 Å². The molecule has 0 aromatic carbocycles. The van der Waals surface area contributed by atoms with Gasteiger partial charge in [0.1, 0.15) is 0 Å². The van der Waals surface area contributed by atoms with Crippen LogP contribution in [0.2, 0.25) is 0 Å². The number of rotatable bonds is 2. The van der Waals surface area contributed by atoms with Crippen LogP contribution >= 0.6 is 0 Å². The van der Waals surface area contributed by atoms with E-state index in [2.05, 4.69) is 26.0 Å². The molecule has 2 aliphatic carbocycles. The zero-order valence-corrected chi connectivity index (χ0v) is 9.29. The maximum atomic E-state index is 5.99. The van der Waals surface area contributed by atoms with E-state index in [1.807, 2.05) is 0 Å². The third-order valence-electron chi connectivity index (χ3n) is 3.70. The molecule has 0 amide bonds. The topological polar surface area (TPSA) is 26.0 Å². The van der Waals surface area contributed by atoms with Gasteiger partial charge in [0.25, 0.3) is 0 Å². The molecular weight excluding hydrogens is 170 g/mol. The Hall–Kier alpha value is -0.560. The van der Waals surface area contributed by atoms with E-state index in [1.165, 1.54) is 12.8 Å². The van der Waals surface area contributed by atoms with Gasteiger partial charge in [0.15, 0.2) is 0 Å². The van der Waals surface area contributed by atoms with Gasteiger partial charge in [-0.1, -0.05) is 26.0 Å². The largest absolute Gasteiger partial charge is 0.327 e. The summed E-state index contributed by atoms with van der Waals surface area (Å²) in [5, 5.41) is 0. The monoisotopic (exact) mass is 191 g/mol. The van der Waals surface area contributed by atoms with Crippen molar-refractivity contribution >= 4 is 0 Å². The molecule has 0 heterocycles. The smallest absolute Gasteiger partial charge is 0.0120 e. The van der Waals surface area contributed by atoms with E-state index in [-0.39, 0.29) is 0 Å². The highest BCUT2D eigenvalue weighted by atomic mass is 14.6. The lowest BCUT2D eigenvalue weighted by molar-refractivity contribution is 0.439. The first-order valence-corrected chi connectivity index (χ1v) is 5.91. The van der Waals surface area contributed by atoms with E-state index in [4.69, 9.17) is 5.73 Å². The van der Waals surface area contributed by atoms with E-state index in [1.54, 1.807) is 11.1 Å². The number of allylic oxidation sites excluding steroid dienone is 2. The quantitative estimate of drug-likeness (QED) is 0.713. The van der Waals surface area contributed by atoms with Crippen LogP contribution in [0, 0.1) is 11.8 Å². The molecule has 1 saturated carbocycles. The fourth-order valence-electron chi connectivity index (χ4n) is 2.85. The van der Waals surface area contributed by atoms with Gasteiger partial charge >= 0.3 is 0 Å². The molecular formula is C13H21N. The normalized spacial score (nSPS) is 36.4. The lowest BCUT2D eigenvalue weighted by atomic mass is 9.80. The molecule has 1 fully saturated rings. The minimum Gasteiger partial charge on any atom is -0.327 e. The van der Waals surface area contributed by atoms with Crippen LogP contribution in [0.3, 0.4) is 0 Å². The highest BCUT2D eigenvalue weighted by Gasteiger charge is 2.28. The maximum Gasteiger partial charge on any atom is 0.0120 e. The molecule has 2 unspecified atom stereocenters. The maximum absolute atomic E-state index is 5.99. The molecule has 0 aromatic rings. The molecule has 0 bridgehead atoms. The van der Waals surface area contributed by atoms with E-state index in [0.29, 0.717) is 6.04 Å². The van der Waals surface area contributed by atoms with E-state index in [0.717, 1.165) is 24.7 Å². The summed E-state index contributed by atoms with van der Waals surface area (Å²) in [5.74, 6) is 1.54. The van der Waals surface area contributed by atoms with Gasteiger partial charge in [0.05, 0.1) is 0 Å². The van der Waals surface area contributed by atoms with Crippen LogP contribution in [-0.4, -0.2) is 6.04 Å². The van der Waals surface area contributed by atoms with Gasteiger partial charge in [-0.3, -0.25) is 0 Å². The minimum atomic E-state index is 0.389. The summed E-state index contributed by atoms with van der Waals surface area (Å²) in [6.07, 6.45) is 9.74. The molecule has 0 radical (unpaired) electrons. The predicted molar refractivity (Wildman–Crippen MR) is 60.9 cm³/mol. The van der Waals surface area contributed by atoms with Gasteiger partial charge in [-0.25, -0.2) is 0 Å². The molecule has 2 N–H and O–H groups in total. The lowest BCUT2D eigenvalue weighted by Crippen LogP contribution is -2.13. The van der Waals surface area contributed by atoms with Crippen LogP contribution in [0.4, 0.5) is 0 Å². The third kappa shape index (κ3) is 1.66. The zero-order valence-electron chi connectivity index (χ0n) is 9.29. The van der Waals surface area contributed by atoms with Crippen molar-refractivity contribution in [2.45, 2.75) is 45.6 Å². The first kappa shape index (κ1) is 9.97. The Kier molecular flexibility index (Phi) is 2.78. The number of fused-ring (bicyclic) bond motifs is 1. The van der Waals surface area contributed by atoms with Crippen LogP contribution in [0.25, 0.3) is 0 Å². The SMILES string of the molecule is CCC1C=C2CC(N)CC2=CC1CC. The van der Waals surface area contributed by atoms with Crippen molar-refractivity contribution in [1.82, 2.24) is 0 Å². The second-order valence-corrected chi connectivity index (χ2v) is 4.70. The highest BCUT2D eigenvalue weighted by molar-refractivity contribution is 5.41. The Balaban J connectivity index is 2.22. The summed E-state index contributed by atoms with van der Waals surface area (Å²) in [6, 6.07) is 0.389. The van der Waals surface area contributed by atoms with Crippen LogP contribution in [0.15, 0.2) is 23.3 Å². The second kappa shape index (κ2) is 3.90. The van der Waals surface area contributed by atoms with Crippen LogP contribution in [0.5, 0.6) is 0 Å². The third-order valence-corrected chi connectivity index (χ3v) is 3.70. The first-order valence-electron chi connectivity index (χ1n) is 5.91. The predicted octanol–water partition coefficient (Wildman–Crippen LogP) is 3.03. The van der Waals surface area contributed by atoms with Gasteiger partial charge in [-0.05, 0) is 48.7 Å². The molecule has 2 aliphatic rings. The van der Waals surface area contributed by atoms with Crippen LogP contribution in [-0.2, 0) is 0 Å². The first-order chi connectivity index (χ1) is 6.74. The molecule has 0 saturated heterocycles. The average molecular weight is 191 g/mol. The average Bonchev–Trinajstić information content (AvgIpc) is 2.54. The van der Waals surface area contributed by atoms with E-state index in [9.17, 15) is 0 Å². The zero-order chi connectivity index (χ0) is 10.1. The summed E-state index contributed by atoms with van der Waals surface area (Å²) >= 11 is 0. The van der Waals surface area contributed by atoms with Crippen LogP contribution in [0.1, 0.15) is 39.5 Å². The second-order valence-electron chi connectivity index (χ2n) is 4.70. The number of hydrogen-bond donors (Lipinski definition) is 1. The summed E-state index contributed by atoms with van der Waals surface area (Å²) in [4.78, 5) is 0. The van der Waals surface area contributed by atoms with Crippen LogP contribution < -0.4 is 5.73 Å². The summed E-state index contributed by atoms with van der Waals surface area (Å²) in [5.41, 5.74) is 9.09. The Bertz CT molecular complexity index is 247. The summed E-state index contributed by atoms with van der Waals surface area (Å²) < 4.78 is 0. The van der Waals surface area contributed by atoms with Crippen molar-refractivity contribution in [3.8, 4) is 0 Å². The molecule has 14 heavy (non-hydrogen) atoms. The molecule has 0 spiro atoms. The van der Waals surface area contributed by atoms with Gasteiger partial charge in [-0.2, -0.15) is 0 Å². The summed E-state index contributed by atoms with van der Waals surface area (Å²) in [7, 11) is 0. The van der Waals surface area contributed by atoms with Gasteiger partial charge in [0, 0.05) is 6.04 Å². The Morgan fingerprint density at radius 3 is 1.86 bits per heavy atom. The highest BCUT2D eigenvalue weighted by Crippen LogP contribution is 2.39. The van der Waals surface area contributed by atoms with Crippen molar-refractivity contribution in [3.63, 3.8) is 0 Å². The van der Waals surface area contributed by atoms with Crippen molar-refractivity contribution in [2.24, 2.45) is 17.6 Å². The van der Waals surface area contributed by atoms with Gasteiger partial charge in [0.2, 0.25) is 0 Å². The van der Waals surface area contributed by atoms with Crippen molar-refractivity contribution in [2.75, 3.05) is 0 Å². The standard InChI is InChI=1S/C13H21N/c1-3-9-5-11-7-13(14)8-12(11)6-10(9)4-2/h5-6,9-10,13H,3-4,7-8,14H2,1-2H3. The molecule has 0 aromatic heterocycles. The summed E-state index contributed by atoms with van der Waals surface area (Å²) in [6.45, 7) is 4.58. The molecule has 1 heteroatoms. The van der Waals surface area contributed by atoms with Crippen molar-refractivity contribution < 1.29 is 0 Å². The molecule has 0 aliphatic heterocycles. The molecule has 2 rings (SSSR count). The fraction of sp³-hybridized carbons (Fsp3) is 0.692. The Labute approximate surface area is 87.1 Å². The number of hydrogen-bond acceptors (Lipinski definition) is 1. The fourth-order valence-corrected chi connectivity index (χ4v) is 2.85. The molecule has 78 valence electrons.